The lowest BCUT2D eigenvalue weighted by atomic mass is 10.2. The van der Waals surface area contributed by atoms with Gasteiger partial charge < -0.3 is 10.7 Å². The highest BCUT2D eigenvalue weighted by Gasteiger charge is 2.06. The highest BCUT2D eigenvalue weighted by molar-refractivity contribution is 5.20. The van der Waals surface area contributed by atoms with Gasteiger partial charge in [0.05, 0.1) is 12.0 Å². The van der Waals surface area contributed by atoms with Crippen LogP contribution in [0.5, 0.6) is 0 Å². The fourth-order valence-corrected chi connectivity index (χ4v) is 0.762. The molecule has 52 valence electrons. The van der Waals surface area contributed by atoms with Gasteiger partial charge in [-0.05, 0) is 6.92 Å². The maximum atomic E-state index is 5.52. The van der Waals surface area contributed by atoms with Gasteiger partial charge in [0.1, 0.15) is 6.04 Å². The summed E-state index contributed by atoms with van der Waals surface area (Å²) in [5.41, 5.74) is 7.21. The Balaban J connectivity index is 2.96. The number of imidazole rings is 1. The molecule has 0 aliphatic rings. The van der Waals surface area contributed by atoms with Gasteiger partial charge in [0.2, 0.25) is 0 Å². The van der Waals surface area contributed by atoms with E-state index in [1.807, 2.05) is 6.92 Å². The molecule has 1 aromatic heterocycles. The van der Waals surface area contributed by atoms with Crippen molar-refractivity contribution in [1.29, 1.82) is 0 Å². The van der Waals surface area contributed by atoms with Crippen LogP contribution < -0.4 is 5.73 Å². The molecule has 3 N–H and O–H groups in total. The minimum atomic E-state index is -0.383. The Hall–Kier alpha value is -1.27. The van der Waals surface area contributed by atoms with Crippen LogP contribution in [-0.2, 0) is 0 Å². The molecule has 0 fully saturated rings. The number of aryl methyl sites for hydroxylation is 1. The zero-order chi connectivity index (χ0) is 7.56. The largest absolute Gasteiger partial charge is 0.348 e. The smallest absolute Gasteiger partial charge is 0.111 e. The molecular weight excluding hydrogens is 126 g/mol. The van der Waals surface area contributed by atoms with E-state index >= 15 is 0 Å². The van der Waals surface area contributed by atoms with Crippen molar-refractivity contribution in [3.05, 3.63) is 17.7 Å². The summed E-state index contributed by atoms with van der Waals surface area (Å²) >= 11 is 0. The molecule has 1 atom stereocenters. The lowest BCUT2D eigenvalue weighted by Crippen LogP contribution is -2.08. The fourth-order valence-electron chi connectivity index (χ4n) is 0.762. The van der Waals surface area contributed by atoms with E-state index in [0.717, 1.165) is 11.4 Å². The van der Waals surface area contributed by atoms with E-state index in [-0.39, 0.29) is 6.04 Å². The van der Waals surface area contributed by atoms with Gasteiger partial charge in [-0.1, -0.05) is 5.92 Å². The lowest BCUT2D eigenvalue weighted by molar-refractivity contribution is 0.890. The van der Waals surface area contributed by atoms with Gasteiger partial charge in [0.25, 0.3) is 0 Å². The summed E-state index contributed by atoms with van der Waals surface area (Å²) in [4.78, 5) is 6.86. The fraction of sp³-hybridized carbons (Fsp3) is 0.286. The van der Waals surface area contributed by atoms with Crippen LogP contribution in [0.4, 0.5) is 0 Å². The lowest BCUT2D eigenvalue weighted by Gasteiger charge is -1.98. The Kier molecular flexibility index (Phi) is 1.74. The van der Waals surface area contributed by atoms with Crippen LogP contribution in [-0.4, -0.2) is 9.97 Å². The molecule has 1 heterocycles. The van der Waals surface area contributed by atoms with Crippen molar-refractivity contribution in [2.24, 2.45) is 5.73 Å². The van der Waals surface area contributed by atoms with Gasteiger partial charge >= 0.3 is 0 Å². The van der Waals surface area contributed by atoms with Crippen molar-refractivity contribution in [2.75, 3.05) is 0 Å². The topological polar surface area (TPSA) is 54.7 Å². The van der Waals surface area contributed by atoms with E-state index < -0.39 is 0 Å². The summed E-state index contributed by atoms with van der Waals surface area (Å²) in [5, 5.41) is 0. The second-order valence-electron chi connectivity index (χ2n) is 2.06. The molecule has 10 heavy (non-hydrogen) atoms. The van der Waals surface area contributed by atoms with Crippen molar-refractivity contribution >= 4 is 0 Å². The zero-order valence-corrected chi connectivity index (χ0v) is 5.76. The molecule has 0 bridgehead atoms. The highest BCUT2D eigenvalue weighted by Crippen LogP contribution is 2.08. The van der Waals surface area contributed by atoms with E-state index in [1.54, 1.807) is 6.33 Å². The summed E-state index contributed by atoms with van der Waals surface area (Å²) in [6.45, 7) is 1.89. The first-order valence-electron chi connectivity index (χ1n) is 2.97. The SMILES string of the molecule is C#CC(N)c1nc[nH]c1C. The number of hydrogen-bond acceptors (Lipinski definition) is 2. The number of H-pyrrole nitrogens is 1. The van der Waals surface area contributed by atoms with Crippen LogP contribution >= 0.6 is 0 Å². The molecule has 0 saturated carbocycles. The van der Waals surface area contributed by atoms with E-state index in [4.69, 9.17) is 12.2 Å². The second-order valence-corrected chi connectivity index (χ2v) is 2.06. The van der Waals surface area contributed by atoms with Crippen LogP contribution in [0.3, 0.4) is 0 Å². The number of terminal acetylenes is 1. The maximum absolute atomic E-state index is 5.52. The number of nitrogens with two attached hydrogens (primary N) is 1. The van der Waals surface area contributed by atoms with E-state index in [9.17, 15) is 0 Å². The predicted octanol–water partition coefficient (Wildman–Crippen LogP) is 0.351. The van der Waals surface area contributed by atoms with Crippen LogP contribution in [0.15, 0.2) is 6.33 Å². The molecule has 1 rings (SSSR count). The van der Waals surface area contributed by atoms with Crippen LogP contribution in [0, 0.1) is 19.3 Å². The Morgan fingerprint density at radius 2 is 2.60 bits per heavy atom. The van der Waals surface area contributed by atoms with Crippen molar-refractivity contribution < 1.29 is 0 Å². The summed E-state index contributed by atoms with van der Waals surface area (Å²) in [6.07, 6.45) is 6.69. The molecule has 0 aromatic carbocycles. The number of nitrogens with zero attached hydrogens (tertiary/aromatic N) is 1. The molecule has 0 spiro atoms. The zero-order valence-electron chi connectivity index (χ0n) is 5.76. The predicted molar refractivity (Wildman–Crippen MR) is 39.1 cm³/mol. The van der Waals surface area contributed by atoms with Crippen LogP contribution in [0.2, 0.25) is 0 Å². The monoisotopic (exact) mass is 135 g/mol. The Labute approximate surface area is 59.7 Å². The highest BCUT2D eigenvalue weighted by atomic mass is 14.9. The Morgan fingerprint density at radius 3 is 3.00 bits per heavy atom. The third-order valence-electron chi connectivity index (χ3n) is 1.34. The molecular formula is C7H9N3. The Bertz CT molecular complexity index is 256. The van der Waals surface area contributed by atoms with Gasteiger partial charge in [-0.25, -0.2) is 4.98 Å². The molecule has 1 unspecified atom stereocenters. The number of hydrogen-bond donors (Lipinski definition) is 2. The van der Waals surface area contributed by atoms with Gasteiger partial charge in [0.15, 0.2) is 0 Å². The average Bonchev–Trinajstić information content (AvgIpc) is 2.34. The van der Waals surface area contributed by atoms with Crippen molar-refractivity contribution in [3.63, 3.8) is 0 Å². The number of aromatic amines is 1. The van der Waals surface area contributed by atoms with E-state index in [2.05, 4.69) is 15.9 Å². The van der Waals surface area contributed by atoms with Crippen LogP contribution in [0.1, 0.15) is 17.4 Å². The average molecular weight is 135 g/mol. The van der Waals surface area contributed by atoms with Crippen LogP contribution in [0.25, 0.3) is 0 Å². The molecule has 0 aliphatic heterocycles. The van der Waals surface area contributed by atoms with Gasteiger partial charge in [0, 0.05) is 5.69 Å². The molecule has 0 amide bonds. The van der Waals surface area contributed by atoms with E-state index in [0.29, 0.717) is 0 Å². The van der Waals surface area contributed by atoms with Crippen molar-refractivity contribution in [2.45, 2.75) is 13.0 Å². The van der Waals surface area contributed by atoms with Gasteiger partial charge in [-0.2, -0.15) is 0 Å². The van der Waals surface area contributed by atoms with Gasteiger partial charge in [-0.3, -0.25) is 0 Å². The van der Waals surface area contributed by atoms with Gasteiger partial charge in [-0.15, -0.1) is 6.42 Å². The molecule has 0 aliphatic carbocycles. The number of nitrogens with one attached hydrogen (secondary N) is 1. The quantitative estimate of drug-likeness (QED) is 0.546. The molecule has 0 saturated heterocycles. The molecule has 3 heteroatoms. The van der Waals surface area contributed by atoms with Crippen molar-refractivity contribution in [1.82, 2.24) is 9.97 Å². The molecule has 1 aromatic rings. The summed E-state index contributed by atoms with van der Waals surface area (Å²) < 4.78 is 0. The third kappa shape index (κ3) is 1.02. The summed E-state index contributed by atoms with van der Waals surface area (Å²) in [6, 6.07) is -0.383. The first-order chi connectivity index (χ1) is 4.75. The summed E-state index contributed by atoms with van der Waals surface area (Å²) in [7, 11) is 0. The number of aromatic nitrogens is 2. The number of rotatable bonds is 1. The minimum Gasteiger partial charge on any atom is -0.348 e. The maximum Gasteiger partial charge on any atom is 0.111 e. The summed E-state index contributed by atoms with van der Waals surface area (Å²) in [5.74, 6) is 2.40. The second kappa shape index (κ2) is 2.54. The Morgan fingerprint density at radius 1 is 1.90 bits per heavy atom. The molecule has 3 nitrogen and oxygen atoms in total. The van der Waals surface area contributed by atoms with E-state index in [1.165, 1.54) is 0 Å². The van der Waals surface area contributed by atoms with Crippen molar-refractivity contribution in [3.8, 4) is 12.3 Å². The first-order valence-corrected chi connectivity index (χ1v) is 2.97. The first kappa shape index (κ1) is 6.84. The standard InChI is InChI=1S/C7H9N3/c1-3-6(8)7-5(2)9-4-10-7/h1,4,6H,8H2,2H3,(H,9,10). The minimum absolute atomic E-state index is 0.383. The third-order valence-corrected chi connectivity index (χ3v) is 1.34. The molecule has 0 radical (unpaired) electrons. The normalized spacial score (nSPS) is 12.5.